The number of fused-ring (bicyclic) bond motifs is 1. The van der Waals surface area contributed by atoms with Crippen molar-refractivity contribution in [1.29, 1.82) is 0 Å². The fourth-order valence-electron chi connectivity index (χ4n) is 5.44. The average molecular weight is 642 g/mol. The highest BCUT2D eigenvalue weighted by atomic mass is 16.7. The Labute approximate surface area is 256 Å². The Bertz CT molecular complexity index is 1380. The molecule has 20 heteroatoms. The number of hydrogen-bond acceptors (Lipinski definition) is 16. The monoisotopic (exact) mass is 641 g/mol. The summed E-state index contributed by atoms with van der Waals surface area (Å²) in [5, 5.41) is 47.1. The second kappa shape index (κ2) is 14.9. The molecule has 45 heavy (non-hydrogen) atoms. The second-order valence-corrected chi connectivity index (χ2v) is 11.4. The maximum Gasteiger partial charge on any atom is 0.280 e. The van der Waals surface area contributed by atoms with E-state index in [0.29, 0.717) is 19.4 Å². The van der Waals surface area contributed by atoms with Crippen molar-refractivity contribution < 1.29 is 39.5 Å². The molecule has 0 aromatic carbocycles. The highest BCUT2D eigenvalue weighted by Crippen LogP contribution is 2.27. The number of aromatic amines is 1. The zero-order chi connectivity index (χ0) is 33.0. The van der Waals surface area contributed by atoms with Gasteiger partial charge in [0.15, 0.2) is 17.5 Å². The number of carbonyl (C=O) groups excluding carboxylic acids is 2. The molecule has 0 radical (unpaired) electrons. The van der Waals surface area contributed by atoms with Crippen LogP contribution in [0.4, 0.5) is 5.95 Å². The van der Waals surface area contributed by atoms with E-state index >= 15 is 0 Å². The van der Waals surface area contributed by atoms with Gasteiger partial charge in [-0.1, -0.05) is 0 Å². The number of aliphatic hydroxyl groups excluding tert-OH is 4. The van der Waals surface area contributed by atoms with Crippen molar-refractivity contribution in [2.75, 3.05) is 18.8 Å². The molecule has 1 saturated heterocycles. The third-order valence-corrected chi connectivity index (χ3v) is 8.01. The summed E-state index contributed by atoms with van der Waals surface area (Å²) in [6.45, 7) is -0.276. The van der Waals surface area contributed by atoms with E-state index < -0.39 is 84.5 Å². The molecular formula is C25H43N11O9. The molecule has 4 rings (SSSR count). The minimum Gasteiger partial charge on any atom is -0.389 e. The summed E-state index contributed by atoms with van der Waals surface area (Å²) in [7, 11) is 0. The topological polar surface area (TPSA) is 351 Å². The van der Waals surface area contributed by atoms with Gasteiger partial charge in [0, 0.05) is 18.6 Å². The van der Waals surface area contributed by atoms with E-state index in [1.807, 2.05) is 0 Å². The quantitative estimate of drug-likeness (QED) is 0.0958. The van der Waals surface area contributed by atoms with E-state index in [0.717, 1.165) is 0 Å². The molecule has 0 bridgehead atoms. The smallest absolute Gasteiger partial charge is 0.280 e. The summed E-state index contributed by atoms with van der Waals surface area (Å²) in [5.41, 5.74) is 28.6. The number of carbonyl (C=O) groups is 2. The number of nitrogens with two attached hydrogens (primary N) is 5. The summed E-state index contributed by atoms with van der Waals surface area (Å²) in [5.74, 6) is -1.36. The lowest BCUT2D eigenvalue weighted by Crippen LogP contribution is -2.67. The van der Waals surface area contributed by atoms with Crippen molar-refractivity contribution in [2.24, 2.45) is 22.9 Å². The molecule has 2 aromatic rings. The van der Waals surface area contributed by atoms with E-state index in [-0.39, 0.29) is 43.0 Å². The van der Waals surface area contributed by atoms with Crippen molar-refractivity contribution in [1.82, 2.24) is 30.2 Å². The molecule has 1 aliphatic carbocycles. The predicted octanol–water partition coefficient (Wildman–Crippen LogP) is -6.63. The van der Waals surface area contributed by atoms with E-state index in [4.69, 9.17) is 38.1 Å². The minimum absolute atomic E-state index is 0.01000. The van der Waals surface area contributed by atoms with Crippen LogP contribution < -0.4 is 44.9 Å². The molecule has 2 aliphatic rings. The number of aromatic nitrogens is 4. The van der Waals surface area contributed by atoms with Crippen LogP contribution in [-0.2, 0) is 25.6 Å². The number of ether oxygens (including phenoxy) is 2. The van der Waals surface area contributed by atoms with Gasteiger partial charge < -0.3 is 73.8 Å². The second-order valence-electron chi connectivity index (χ2n) is 11.4. The van der Waals surface area contributed by atoms with Crippen LogP contribution in [0.3, 0.4) is 0 Å². The Hall–Kier alpha value is -3.31. The number of amides is 2. The molecule has 1 aliphatic heterocycles. The molecule has 2 amide bonds. The van der Waals surface area contributed by atoms with Gasteiger partial charge in [0.1, 0.15) is 43.1 Å². The number of aliphatic hydroxyl groups is 4. The highest BCUT2D eigenvalue weighted by molar-refractivity contribution is 5.88. The molecule has 11 atom stereocenters. The molecule has 2 aromatic heterocycles. The maximum atomic E-state index is 13.2. The fraction of sp³-hybridized carbons (Fsp3) is 0.720. The lowest BCUT2D eigenvalue weighted by Gasteiger charge is -2.46. The summed E-state index contributed by atoms with van der Waals surface area (Å²) in [6, 6.07) is -3.85. The van der Waals surface area contributed by atoms with Crippen molar-refractivity contribution in [3.63, 3.8) is 0 Å². The number of hydrogen-bond donors (Lipinski definition) is 12. The van der Waals surface area contributed by atoms with Gasteiger partial charge in [-0.2, -0.15) is 4.98 Å². The molecule has 252 valence electrons. The van der Waals surface area contributed by atoms with Crippen LogP contribution in [0.1, 0.15) is 25.7 Å². The molecular weight excluding hydrogens is 598 g/mol. The standard InChI is InChI=1S/C25H43N11O9/c26-4-2-1-3-11(33-13(37)7-36-8-32-15-21(36)34-25(30)35-23(15)43)22(42)31-6-12-17(39)18(40)14(29)24(44-12)45-20-10(28)5-9(27)16(38)19(20)41/h8-12,14,16-20,24,38-41H,1-7,26-29H2,(H,31,42)(H,33,37)(H3,30,34,35,43)/t9-,10+,11?,12-,14-,16+,17-,18-,19-,20?,24-/m1/s1. The van der Waals surface area contributed by atoms with Crippen LogP contribution in [0.2, 0.25) is 0 Å². The Morgan fingerprint density at radius 3 is 2.56 bits per heavy atom. The van der Waals surface area contributed by atoms with Gasteiger partial charge in [-0.3, -0.25) is 19.4 Å². The first-order chi connectivity index (χ1) is 21.3. The van der Waals surface area contributed by atoms with Crippen LogP contribution >= 0.6 is 0 Å². The van der Waals surface area contributed by atoms with Gasteiger partial charge in [0.2, 0.25) is 17.8 Å². The molecule has 3 heterocycles. The molecule has 1 saturated carbocycles. The number of unbranched alkanes of at least 4 members (excludes halogenated alkanes) is 1. The number of rotatable bonds is 12. The van der Waals surface area contributed by atoms with Gasteiger partial charge in [-0.25, -0.2) is 4.98 Å². The number of nitrogens with one attached hydrogen (secondary N) is 3. The van der Waals surface area contributed by atoms with E-state index in [1.54, 1.807) is 0 Å². The molecule has 17 N–H and O–H groups in total. The van der Waals surface area contributed by atoms with Crippen LogP contribution in [0.5, 0.6) is 0 Å². The first-order valence-corrected chi connectivity index (χ1v) is 14.6. The van der Waals surface area contributed by atoms with Crippen molar-refractivity contribution in [3.8, 4) is 0 Å². The Morgan fingerprint density at radius 2 is 1.84 bits per heavy atom. The zero-order valence-electron chi connectivity index (χ0n) is 24.4. The van der Waals surface area contributed by atoms with Crippen molar-refractivity contribution in [2.45, 2.75) is 99.3 Å². The first kappa shape index (κ1) is 34.6. The van der Waals surface area contributed by atoms with E-state index in [2.05, 4.69) is 25.6 Å². The number of nitrogens with zero attached hydrogens (tertiary/aromatic N) is 3. The zero-order valence-corrected chi connectivity index (χ0v) is 24.4. The number of nitrogen functional groups attached to an aromatic ring is 1. The maximum absolute atomic E-state index is 13.2. The average Bonchev–Trinajstić information content (AvgIpc) is 3.39. The summed E-state index contributed by atoms with van der Waals surface area (Å²) in [4.78, 5) is 48.5. The summed E-state index contributed by atoms with van der Waals surface area (Å²) in [6.07, 6.45) is -6.92. The number of H-pyrrole nitrogens is 1. The summed E-state index contributed by atoms with van der Waals surface area (Å²) < 4.78 is 12.9. The summed E-state index contributed by atoms with van der Waals surface area (Å²) >= 11 is 0. The highest BCUT2D eigenvalue weighted by Gasteiger charge is 2.48. The van der Waals surface area contributed by atoms with Crippen LogP contribution in [-0.4, -0.2) is 132 Å². The predicted molar refractivity (Wildman–Crippen MR) is 157 cm³/mol. The molecule has 20 nitrogen and oxygen atoms in total. The van der Waals surface area contributed by atoms with Gasteiger partial charge in [-0.15, -0.1) is 0 Å². The lowest BCUT2D eigenvalue weighted by molar-refractivity contribution is -0.288. The van der Waals surface area contributed by atoms with E-state index in [1.165, 1.54) is 10.9 Å². The van der Waals surface area contributed by atoms with Gasteiger partial charge in [0.05, 0.1) is 18.5 Å². The van der Waals surface area contributed by atoms with Gasteiger partial charge in [-0.05, 0) is 32.2 Å². The third kappa shape index (κ3) is 7.92. The van der Waals surface area contributed by atoms with Crippen LogP contribution in [0.25, 0.3) is 11.2 Å². The Balaban J connectivity index is 1.40. The van der Waals surface area contributed by atoms with Gasteiger partial charge in [0.25, 0.3) is 5.56 Å². The fourth-order valence-corrected chi connectivity index (χ4v) is 5.44. The molecule has 2 unspecified atom stereocenters. The normalized spacial score (nSPS) is 32.7. The number of imidazole rings is 1. The molecule has 0 spiro atoms. The van der Waals surface area contributed by atoms with Crippen molar-refractivity contribution in [3.05, 3.63) is 16.7 Å². The molecule has 2 fully saturated rings. The van der Waals surface area contributed by atoms with Crippen LogP contribution in [0.15, 0.2) is 11.1 Å². The Kier molecular flexibility index (Phi) is 11.4. The third-order valence-electron chi connectivity index (χ3n) is 8.01. The first-order valence-electron chi connectivity index (χ1n) is 14.6. The largest absolute Gasteiger partial charge is 0.389 e. The minimum atomic E-state index is -1.55. The van der Waals surface area contributed by atoms with Crippen LogP contribution in [0, 0.1) is 0 Å². The van der Waals surface area contributed by atoms with E-state index in [9.17, 15) is 34.8 Å². The Morgan fingerprint density at radius 1 is 1.11 bits per heavy atom. The number of anilines is 1. The SMILES string of the molecule is NCCCCC(NC(=O)Cn1cnc2c(=O)[nH]c(N)nc21)C(=O)NC[C@H]1O[C@H](OC2[C@@H](N)C[C@@H](N)[C@H](O)[C@H]2O)[C@H](N)[C@@H](O)[C@@H]1O. The van der Waals surface area contributed by atoms with Crippen molar-refractivity contribution >= 4 is 28.9 Å². The lowest BCUT2D eigenvalue weighted by atomic mass is 9.84. The van der Waals surface area contributed by atoms with Gasteiger partial charge >= 0.3 is 0 Å².